The lowest BCUT2D eigenvalue weighted by atomic mass is 10.2. The van der Waals surface area contributed by atoms with Crippen molar-refractivity contribution in [2.24, 2.45) is 0 Å². The number of fused-ring (bicyclic) bond motifs is 1. The average Bonchev–Trinajstić information content (AvgIpc) is 3.00. The number of carboxylic acid groups (broad SMARTS) is 1. The summed E-state index contributed by atoms with van der Waals surface area (Å²) in [5, 5.41) is 13.7. The minimum absolute atomic E-state index is 0.0792. The van der Waals surface area contributed by atoms with Crippen LogP contribution in [0.3, 0.4) is 0 Å². The van der Waals surface area contributed by atoms with E-state index in [-0.39, 0.29) is 6.42 Å². The summed E-state index contributed by atoms with van der Waals surface area (Å²) in [4.78, 5) is 15.5. The second-order valence-corrected chi connectivity index (χ2v) is 4.69. The minimum Gasteiger partial charge on any atom is -0.481 e. The average molecular weight is 263 g/mol. The summed E-state index contributed by atoms with van der Waals surface area (Å²) in [6.07, 6.45) is 3.84. The molecule has 1 N–H and O–H groups in total. The van der Waals surface area contributed by atoms with Crippen molar-refractivity contribution >= 4 is 22.3 Å². The Morgan fingerprint density at radius 3 is 3.11 bits per heavy atom. The van der Waals surface area contributed by atoms with Crippen LogP contribution < -0.4 is 0 Å². The molecule has 3 aromatic rings. The lowest BCUT2D eigenvalue weighted by molar-refractivity contribution is -0.136. The van der Waals surface area contributed by atoms with Crippen LogP contribution in [-0.2, 0) is 11.2 Å². The molecule has 0 amide bonds. The first-order valence-corrected chi connectivity index (χ1v) is 6.15. The van der Waals surface area contributed by atoms with Gasteiger partial charge in [0.2, 0.25) is 4.96 Å². The first-order chi connectivity index (χ1) is 8.72. The summed E-state index contributed by atoms with van der Waals surface area (Å²) in [5.74, 6) is -0.117. The Balaban J connectivity index is 1.87. The van der Waals surface area contributed by atoms with Crippen molar-refractivity contribution in [1.82, 2.24) is 14.6 Å². The largest absolute Gasteiger partial charge is 0.481 e. The van der Waals surface area contributed by atoms with E-state index < -0.39 is 5.97 Å². The van der Waals surface area contributed by atoms with E-state index in [0.29, 0.717) is 12.2 Å². The van der Waals surface area contributed by atoms with Gasteiger partial charge in [0, 0.05) is 6.42 Å². The van der Waals surface area contributed by atoms with Crippen LogP contribution in [-0.4, -0.2) is 25.7 Å². The zero-order chi connectivity index (χ0) is 12.5. The number of aryl methyl sites for hydroxylation is 1. The maximum absolute atomic E-state index is 10.5. The first kappa shape index (κ1) is 11.0. The van der Waals surface area contributed by atoms with Crippen molar-refractivity contribution in [1.29, 1.82) is 0 Å². The third-order valence-electron chi connectivity index (χ3n) is 2.42. The van der Waals surface area contributed by atoms with Crippen molar-refractivity contribution in [3.8, 4) is 10.8 Å². The molecule has 0 unspecified atom stereocenters. The lowest BCUT2D eigenvalue weighted by Gasteiger charge is -1.90. The molecule has 3 aromatic heterocycles. The third kappa shape index (κ3) is 2.00. The van der Waals surface area contributed by atoms with Gasteiger partial charge in [-0.1, -0.05) is 11.3 Å². The molecule has 0 aliphatic carbocycles. The van der Waals surface area contributed by atoms with Crippen LogP contribution in [0.4, 0.5) is 0 Å². The quantitative estimate of drug-likeness (QED) is 0.779. The fourth-order valence-corrected chi connectivity index (χ4v) is 2.47. The normalized spacial score (nSPS) is 11.1. The molecular formula is C11H9N3O3S. The van der Waals surface area contributed by atoms with E-state index in [1.165, 1.54) is 11.3 Å². The van der Waals surface area contributed by atoms with Gasteiger partial charge in [0.1, 0.15) is 0 Å². The zero-order valence-corrected chi connectivity index (χ0v) is 10.1. The van der Waals surface area contributed by atoms with Crippen LogP contribution in [0.5, 0.6) is 0 Å². The SMILES string of the molecule is O=C(O)CCc1cn2nc(-c3ccco3)sc2n1. The fourth-order valence-electron chi connectivity index (χ4n) is 1.60. The first-order valence-electron chi connectivity index (χ1n) is 5.33. The van der Waals surface area contributed by atoms with Gasteiger partial charge >= 0.3 is 5.97 Å². The van der Waals surface area contributed by atoms with Gasteiger partial charge in [0.15, 0.2) is 10.8 Å². The second-order valence-electron chi connectivity index (χ2n) is 3.74. The number of hydrogen-bond donors (Lipinski definition) is 1. The molecule has 0 radical (unpaired) electrons. The number of hydrogen-bond acceptors (Lipinski definition) is 5. The van der Waals surface area contributed by atoms with Gasteiger partial charge in [-0.25, -0.2) is 9.50 Å². The molecule has 0 aromatic carbocycles. The Hall–Kier alpha value is -2.15. The molecule has 0 bridgehead atoms. The van der Waals surface area contributed by atoms with Gasteiger partial charge in [0.05, 0.1) is 24.6 Å². The number of furan rings is 1. The number of rotatable bonds is 4. The van der Waals surface area contributed by atoms with Gasteiger partial charge in [-0.2, -0.15) is 5.10 Å². The van der Waals surface area contributed by atoms with Crippen LogP contribution in [0.2, 0.25) is 0 Å². The highest BCUT2D eigenvalue weighted by atomic mass is 32.1. The summed E-state index contributed by atoms with van der Waals surface area (Å²) in [5.41, 5.74) is 0.738. The Labute approximate surface area is 105 Å². The predicted molar refractivity (Wildman–Crippen MR) is 64.5 cm³/mol. The summed E-state index contributed by atoms with van der Waals surface area (Å²) < 4.78 is 6.91. The van der Waals surface area contributed by atoms with Gasteiger partial charge in [-0.05, 0) is 12.1 Å². The van der Waals surface area contributed by atoms with Crippen LogP contribution in [0.1, 0.15) is 12.1 Å². The van der Waals surface area contributed by atoms with Crippen molar-refractivity contribution in [2.75, 3.05) is 0 Å². The number of aromatic nitrogens is 3. The number of nitrogens with zero attached hydrogens (tertiary/aromatic N) is 3. The Bertz CT molecular complexity index is 652. The van der Waals surface area contributed by atoms with E-state index >= 15 is 0 Å². The molecule has 0 aliphatic rings. The van der Waals surface area contributed by atoms with Crippen molar-refractivity contribution < 1.29 is 14.3 Å². The standard InChI is InChI=1S/C11H9N3O3S/c15-9(16)4-3-7-6-14-11(12-7)18-10(13-14)8-2-1-5-17-8/h1-2,5-6H,3-4H2,(H,15,16). The Kier molecular flexibility index (Phi) is 2.60. The molecule has 0 spiro atoms. The highest BCUT2D eigenvalue weighted by Crippen LogP contribution is 2.25. The van der Waals surface area contributed by atoms with E-state index in [2.05, 4.69) is 10.1 Å². The topological polar surface area (TPSA) is 80.6 Å². The summed E-state index contributed by atoms with van der Waals surface area (Å²) in [6, 6.07) is 3.64. The van der Waals surface area contributed by atoms with Gasteiger partial charge in [-0.15, -0.1) is 0 Å². The molecule has 0 aliphatic heterocycles. The lowest BCUT2D eigenvalue weighted by Crippen LogP contribution is -1.97. The summed E-state index contributed by atoms with van der Waals surface area (Å²) in [7, 11) is 0. The monoisotopic (exact) mass is 263 g/mol. The van der Waals surface area contributed by atoms with Crippen molar-refractivity contribution in [2.45, 2.75) is 12.8 Å². The number of carbonyl (C=O) groups is 1. The van der Waals surface area contributed by atoms with Gasteiger partial charge in [0.25, 0.3) is 0 Å². The molecule has 7 heteroatoms. The molecule has 3 rings (SSSR count). The predicted octanol–water partition coefficient (Wildman–Crippen LogP) is 2.07. The molecule has 0 saturated carbocycles. The van der Waals surface area contributed by atoms with E-state index in [9.17, 15) is 4.79 Å². The molecule has 3 heterocycles. The molecular weight excluding hydrogens is 254 g/mol. The summed E-state index contributed by atoms with van der Waals surface area (Å²) in [6.45, 7) is 0. The smallest absolute Gasteiger partial charge is 0.303 e. The number of carboxylic acids is 1. The highest BCUT2D eigenvalue weighted by molar-refractivity contribution is 7.19. The van der Waals surface area contributed by atoms with E-state index in [1.54, 1.807) is 23.0 Å². The van der Waals surface area contributed by atoms with Crippen LogP contribution >= 0.6 is 11.3 Å². The minimum atomic E-state index is -0.824. The molecule has 18 heavy (non-hydrogen) atoms. The molecule has 92 valence electrons. The third-order valence-corrected chi connectivity index (χ3v) is 3.36. The van der Waals surface area contributed by atoms with E-state index in [0.717, 1.165) is 15.7 Å². The molecule has 6 nitrogen and oxygen atoms in total. The second kappa shape index (κ2) is 4.26. The maximum atomic E-state index is 10.5. The van der Waals surface area contributed by atoms with Crippen LogP contribution in [0.25, 0.3) is 15.7 Å². The van der Waals surface area contributed by atoms with E-state index in [1.807, 2.05) is 6.07 Å². The molecule has 0 atom stereocenters. The highest BCUT2D eigenvalue weighted by Gasteiger charge is 2.12. The number of imidazole rings is 1. The maximum Gasteiger partial charge on any atom is 0.303 e. The molecule has 0 fully saturated rings. The van der Waals surface area contributed by atoms with Crippen LogP contribution in [0, 0.1) is 0 Å². The summed E-state index contributed by atoms with van der Waals surface area (Å²) >= 11 is 1.41. The van der Waals surface area contributed by atoms with Gasteiger partial charge in [-0.3, -0.25) is 4.79 Å². The van der Waals surface area contributed by atoms with Crippen LogP contribution in [0.15, 0.2) is 29.0 Å². The van der Waals surface area contributed by atoms with E-state index in [4.69, 9.17) is 9.52 Å². The number of aliphatic carboxylic acids is 1. The Morgan fingerprint density at radius 2 is 2.44 bits per heavy atom. The molecule has 0 saturated heterocycles. The Morgan fingerprint density at radius 1 is 1.56 bits per heavy atom. The van der Waals surface area contributed by atoms with Crippen molar-refractivity contribution in [3.05, 3.63) is 30.3 Å². The fraction of sp³-hybridized carbons (Fsp3) is 0.182. The zero-order valence-electron chi connectivity index (χ0n) is 9.24. The van der Waals surface area contributed by atoms with Gasteiger partial charge < -0.3 is 9.52 Å². The van der Waals surface area contributed by atoms with Crippen molar-refractivity contribution in [3.63, 3.8) is 0 Å².